The second-order valence-electron chi connectivity index (χ2n) is 5.07. The molecule has 0 saturated carbocycles. The highest BCUT2D eigenvalue weighted by atomic mass is 79.9. The summed E-state index contributed by atoms with van der Waals surface area (Å²) >= 11 is 3.53. The van der Waals surface area contributed by atoms with Gasteiger partial charge < -0.3 is 10.1 Å². The van der Waals surface area contributed by atoms with Crippen molar-refractivity contribution in [2.75, 3.05) is 14.2 Å². The number of hydrogen-bond acceptors (Lipinski definition) is 2. The topological polar surface area (TPSA) is 21.3 Å². The lowest BCUT2D eigenvalue weighted by molar-refractivity contribution is 0.410. The number of nitrogens with one attached hydrogen (secondary N) is 1. The fraction of sp³-hybridized carbons (Fsp3) is 0.294. The number of ether oxygens (including phenoxy) is 1. The zero-order valence-corrected chi connectivity index (χ0v) is 14.2. The first kappa shape index (κ1) is 16.0. The van der Waals surface area contributed by atoms with Gasteiger partial charge in [0.1, 0.15) is 11.6 Å². The third kappa shape index (κ3) is 3.27. The molecule has 0 heterocycles. The number of benzene rings is 2. The van der Waals surface area contributed by atoms with E-state index >= 15 is 0 Å². The van der Waals surface area contributed by atoms with Crippen molar-refractivity contribution in [3.8, 4) is 5.75 Å². The lowest BCUT2D eigenvalue weighted by Crippen LogP contribution is -2.20. The summed E-state index contributed by atoms with van der Waals surface area (Å²) in [5.41, 5.74) is 3.93. The van der Waals surface area contributed by atoms with E-state index in [4.69, 9.17) is 4.74 Å². The molecule has 0 amide bonds. The summed E-state index contributed by atoms with van der Waals surface area (Å²) < 4.78 is 20.5. The van der Waals surface area contributed by atoms with E-state index in [2.05, 4.69) is 33.4 Å². The van der Waals surface area contributed by atoms with E-state index in [0.29, 0.717) is 11.3 Å². The maximum atomic E-state index is 14.3. The number of halogens is 2. The van der Waals surface area contributed by atoms with Crippen LogP contribution in [0.1, 0.15) is 28.3 Å². The van der Waals surface area contributed by atoms with E-state index in [-0.39, 0.29) is 11.9 Å². The molecule has 0 fully saturated rings. The van der Waals surface area contributed by atoms with Crippen molar-refractivity contribution in [2.45, 2.75) is 19.9 Å². The normalized spacial score (nSPS) is 12.3. The Labute approximate surface area is 133 Å². The van der Waals surface area contributed by atoms with Gasteiger partial charge >= 0.3 is 0 Å². The monoisotopic (exact) mass is 351 g/mol. The van der Waals surface area contributed by atoms with Crippen LogP contribution >= 0.6 is 15.9 Å². The quantitative estimate of drug-likeness (QED) is 0.873. The van der Waals surface area contributed by atoms with Crippen LogP contribution in [0.15, 0.2) is 34.8 Å². The van der Waals surface area contributed by atoms with Crippen molar-refractivity contribution >= 4 is 15.9 Å². The smallest absolute Gasteiger partial charge is 0.132 e. The summed E-state index contributed by atoms with van der Waals surface area (Å²) in [6.45, 7) is 4.06. The summed E-state index contributed by atoms with van der Waals surface area (Å²) in [5, 5.41) is 3.20. The van der Waals surface area contributed by atoms with Crippen LogP contribution in [0.3, 0.4) is 0 Å². The van der Waals surface area contributed by atoms with Crippen LogP contribution in [0.5, 0.6) is 5.75 Å². The average Bonchev–Trinajstić information content (AvgIpc) is 2.46. The molecule has 1 unspecified atom stereocenters. The van der Waals surface area contributed by atoms with Crippen LogP contribution < -0.4 is 10.1 Å². The highest BCUT2D eigenvalue weighted by Gasteiger charge is 2.19. The van der Waals surface area contributed by atoms with E-state index < -0.39 is 0 Å². The van der Waals surface area contributed by atoms with E-state index in [9.17, 15) is 4.39 Å². The number of rotatable bonds is 4. The van der Waals surface area contributed by atoms with Gasteiger partial charge in [0.05, 0.1) is 13.2 Å². The summed E-state index contributed by atoms with van der Waals surface area (Å²) in [4.78, 5) is 0. The molecule has 0 spiro atoms. The van der Waals surface area contributed by atoms with Gasteiger partial charge in [-0.2, -0.15) is 0 Å². The number of hydrogen-bond donors (Lipinski definition) is 1. The van der Waals surface area contributed by atoms with Crippen molar-refractivity contribution < 1.29 is 9.13 Å². The standard InChI is InChI=1S/C17H19BrFNO/c1-10-8-15(18)11(2)7-14(10)17(20-3)13-6-5-12(21-4)9-16(13)19/h5-9,17,20H,1-4H3. The Morgan fingerprint density at radius 3 is 2.38 bits per heavy atom. The first-order valence-electron chi connectivity index (χ1n) is 6.75. The molecule has 0 aliphatic carbocycles. The van der Waals surface area contributed by atoms with Crippen molar-refractivity contribution in [3.63, 3.8) is 0 Å². The molecule has 0 radical (unpaired) electrons. The Bertz CT molecular complexity index is 657. The van der Waals surface area contributed by atoms with Gasteiger partial charge in [0.15, 0.2) is 0 Å². The number of aryl methyl sites for hydroxylation is 2. The highest BCUT2D eigenvalue weighted by molar-refractivity contribution is 9.10. The Morgan fingerprint density at radius 2 is 1.81 bits per heavy atom. The first-order valence-corrected chi connectivity index (χ1v) is 7.54. The van der Waals surface area contributed by atoms with Gasteiger partial charge in [-0.1, -0.05) is 28.1 Å². The van der Waals surface area contributed by atoms with Gasteiger partial charge in [0.25, 0.3) is 0 Å². The molecule has 2 rings (SSSR count). The molecular weight excluding hydrogens is 333 g/mol. The second kappa shape index (κ2) is 6.58. The molecule has 1 N–H and O–H groups in total. The molecule has 0 aromatic heterocycles. The lowest BCUT2D eigenvalue weighted by Gasteiger charge is -2.21. The van der Waals surface area contributed by atoms with E-state index in [1.54, 1.807) is 12.1 Å². The molecule has 0 bridgehead atoms. The maximum Gasteiger partial charge on any atom is 0.132 e. The predicted octanol–water partition coefficient (Wildman–Crippen LogP) is 4.52. The minimum atomic E-state index is -0.270. The van der Waals surface area contributed by atoms with Gasteiger partial charge in [0, 0.05) is 16.1 Å². The molecule has 21 heavy (non-hydrogen) atoms. The van der Waals surface area contributed by atoms with E-state index in [1.165, 1.54) is 13.2 Å². The van der Waals surface area contributed by atoms with Crippen molar-refractivity contribution in [1.82, 2.24) is 5.32 Å². The number of methoxy groups -OCH3 is 1. The Kier molecular flexibility index (Phi) is 5.01. The third-order valence-electron chi connectivity index (χ3n) is 3.67. The van der Waals surface area contributed by atoms with Gasteiger partial charge in [-0.25, -0.2) is 4.39 Å². The van der Waals surface area contributed by atoms with Crippen molar-refractivity contribution in [1.29, 1.82) is 0 Å². The zero-order valence-electron chi connectivity index (χ0n) is 12.6. The van der Waals surface area contributed by atoms with Gasteiger partial charge in [-0.05, 0) is 49.7 Å². The van der Waals surface area contributed by atoms with E-state index in [0.717, 1.165) is 21.2 Å². The fourth-order valence-corrected chi connectivity index (χ4v) is 2.92. The van der Waals surface area contributed by atoms with Crippen LogP contribution in [0.4, 0.5) is 4.39 Å². The van der Waals surface area contributed by atoms with Crippen LogP contribution in [0, 0.1) is 19.7 Å². The highest BCUT2D eigenvalue weighted by Crippen LogP contribution is 2.31. The van der Waals surface area contributed by atoms with Crippen LogP contribution in [0.25, 0.3) is 0 Å². The van der Waals surface area contributed by atoms with Gasteiger partial charge in [0.2, 0.25) is 0 Å². The second-order valence-corrected chi connectivity index (χ2v) is 5.92. The van der Waals surface area contributed by atoms with E-state index in [1.807, 2.05) is 20.9 Å². The SMILES string of the molecule is CNC(c1cc(C)c(Br)cc1C)c1ccc(OC)cc1F. The molecule has 4 heteroatoms. The van der Waals surface area contributed by atoms with Crippen molar-refractivity contribution in [2.24, 2.45) is 0 Å². The Balaban J connectivity index is 2.52. The lowest BCUT2D eigenvalue weighted by atomic mass is 9.93. The van der Waals surface area contributed by atoms with Crippen LogP contribution in [0.2, 0.25) is 0 Å². The largest absolute Gasteiger partial charge is 0.497 e. The molecule has 112 valence electrons. The first-order chi connectivity index (χ1) is 9.97. The molecule has 2 aromatic carbocycles. The summed E-state index contributed by atoms with van der Waals surface area (Å²) in [7, 11) is 3.37. The predicted molar refractivity (Wildman–Crippen MR) is 87.5 cm³/mol. The fourth-order valence-electron chi connectivity index (χ4n) is 2.46. The summed E-state index contributed by atoms with van der Waals surface area (Å²) in [5.74, 6) is 0.253. The van der Waals surface area contributed by atoms with Crippen LogP contribution in [-0.4, -0.2) is 14.2 Å². The molecule has 0 aliphatic heterocycles. The molecule has 2 nitrogen and oxygen atoms in total. The van der Waals surface area contributed by atoms with Gasteiger partial charge in [-0.3, -0.25) is 0 Å². The summed E-state index contributed by atoms with van der Waals surface area (Å²) in [6, 6.07) is 8.93. The van der Waals surface area contributed by atoms with Gasteiger partial charge in [-0.15, -0.1) is 0 Å². The molecule has 0 aliphatic rings. The minimum absolute atomic E-state index is 0.192. The summed E-state index contributed by atoms with van der Waals surface area (Å²) in [6.07, 6.45) is 0. The maximum absolute atomic E-state index is 14.3. The third-order valence-corrected chi connectivity index (χ3v) is 4.52. The van der Waals surface area contributed by atoms with Crippen molar-refractivity contribution in [3.05, 3.63) is 62.9 Å². The Morgan fingerprint density at radius 1 is 1.10 bits per heavy atom. The molecule has 1 atom stereocenters. The van der Waals surface area contributed by atoms with Crippen LogP contribution in [-0.2, 0) is 0 Å². The average molecular weight is 352 g/mol. The zero-order chi connectivity index (χ0) is 15.6. The molecule has 2 aromatic rings. The molecule has 0 saturated heterocycles. The molecular formula is C17H19BrFNO. The Hall–Kier alpha value is -1.39. The minimum Gasteiger partial charge on any atom is -0.497 e.